The van der Waals surface area contributed by atoms with E-state index >= 15 is 0 Å². The molecule has 1 aliphatic heterocycles. The number of benzene rings is 2. The molecule has 124 valence electrons. The van der Waals surface area contributed by atoms with Crippen molar-refractivity contribution in [1.82, 2.24) is 0 Å². The van der Waals surface area contributed by atoms with Crippen LogP contribution in [0.15, 0.2) is 58.4 Å². The van der Waals surface area contributed by atoms with Gasteiger partial charge in [0.1, 0.15) is 0 Å². The summed E-state index contributed by atoms with van der Waals surface area (Å²) in [5.41, 5.74) is 1.39. The molecule has 7 nitrogen and oxygen atoms in total. The number of nitro groups is 1. The summed E-state index contributed by atoms with van der Waals surface area (Å²) in [6.07, 6.45) is 0.278. The van der Waals surface area contributed by atoms with Gasteiger partial charge in [0.05, 0.1) is 9.82 Å². The number of hydrogen-bond donors (Lipinski definition) is 0. The van der Waals surface area contributed by atoms with E-state index < -0.39 is 26.2 Å². The molecule has 0 aliphatic carbocycles. The first kappa shape index (κ1) is 16.1. The van der Waals surface area contributed by atoms with Crippen LogP contribution in [0.1, 0.15) is 17.2 Å². The van der Waals surface area contributed by atoms with Gasteiger partial charge in [-0.25, -0.2) is 13.4 Å². The van der Waals surface area contributed by atoms with Crippen molar-refractivity contribution in [3.8, 4) is 0 Å². The van der Waals surface area contributed by atoms with Gasteiger partial charge in [-0.05, 0) is 36.8 Å². The highest BCUT2D eigenvalue weighted by Crippen LogP contribution is 2.34. The van der Waals surface area contributed by atoms with E-state index in [4.69, 9.17) is 4.74 Å². The zero-order chi connectivity index (χ0) is 17.3. The Labute approximate surface area is 138 Å². The van der Waals surface area contributed by atoms with Gasteiger partial charge in [-0.3, -0.25) is 10.1 Å². The number of rotatable bonds is 4. The minimum absolute atomic E-state index is 0.0735. The van der Waals surface area contributed by atoms with Crippen molar-refractivity contribution in [3.63, 3.8) is 0 Å². The van der Waals surface area contributed by atoms with Gasteiger partial charge in [-0.15, -0.1) is 0 Å². The fraction of sp³-hybridized carbons (Fsp3) is 0.188. The third-order valence-corrected chi connectivity index (χ3v) is 5.71. The normalized spacial score (nSPS) is 19.9. The van der Waals surface area contributed by atoms with Crippen LogP contribution < -0.4 is 0 Å². The highest BCUT2D eigenvalue weighted by atomic mass is 32.2. The highest BCUT2D eigenvalue weighted by Gasteiger charge is 2.39. The Balaban J connectivity index is 1.93. The molecule has 24 heavy (non-hydrogen) atoms. The number of ether oxygens (including phenoxy) is 1. The van der Waals surface area contributed by atoms with Gasteiger partial charge in [0.15, 0.2) is 17.9 Å². The number of hydrogen-bond acceptors (Lipinski definition) is 6. The predicted octanol–water partition coefficient (Wildman–Crippen LogP) is 2.80. The molecule has 2 aromatic rings. The third-order valence-electron chi connectivity index (χ3n) is 3.77. The molecule has 1 aliphatic rings. The lowest BCUT2D eigenvalue weighted by molar-refractivity contribution is -0.384. The SMILES string of the molecule is Cc1ccc(S(=O)(=O)C2N=COC2c2ccc([N+](=O)[O-])cc2)cc1. The first-order valence-corrected chi connectivity index (χ1v) is 8.66. The Hall–Kier alpha value is -2.74. The summed E-state index contributed by atoms with van der Waals surface area (Å²) in [5.74, 6) is 0. The van der Waals surface area contributed by atoms with Crippen LogP contribution in [0.2, 0.25) is 0 Å². The van der Waals surface area contributed by atoms with Crippen molar-refractivity contribution < 1.29 is 18.1 Å². The molecule has 0 saturated carbocycles. The van der Waals surface area contributed by atoms with E-state index in [1.165, 1.54) is 36.4 Å². The molecule has 3 rings (SSSR count). The van der Waals surface area contributed by atoms with E-state index in [1.807, 2.05) is 6.92 Å². The van der Waals surface area contributed by atoms with Crippen LogP contribution in [0.25, 0.3) is 0 Å². The molecule has 2 atom stereocenters. The largest absolute Gasteiger partial charge is 0.472 e. The molecule has 0 fully saturated rings. The van der Waals surface area contributed by atoms with E-state index in [9.17, 15) is 18.5 Å². The number of nitro benzene ring substituents is 1. The average Bonchev–Trinajstić information content (AvgIpc) is 3.06. The molecule has 2 aromatic carbocycles. The van der Waals surface area contributed by atoms with Crippen molar-refractivity contribution in [2.45, 2.75) is 23.3 Å². The summed E-state index contributed by atoms with van der Waals surface area (Å²) >= 11 is 0. The summed E-state index contributed by atoms with van der Waals surface area (Å²) < 4.78 is 30.9. The Kier molecular flexibility index (Phi) is 4.06. The number of aryl methyl sites for hydroxylation is 1. The topological polar surface area (TPSA) is 98.9 Å². The zero-order valence-corrected chi connectivity index (χ0v) is 13.5. The monoisotopic (exact) mass is 346 g/mol. The second-order valence-corrected chi connectivity index (χ2v) is 7.45. The maximum absolute atomic E-state index is 12.8. The highest BCUT2D eigenvalue weighted by molar-refractivity contribution is 7.92. The third kappa shape index (κ3) is 2.88. The van der Waals surface area contributed by atoms with Crippen molar-refractivity contribution in [2.75, 3.05) is 0 Å². The maximum Gasteiger partial charge on any atom is 0.269 e. The van der Waals surface area contributed by atoms with E-state index in [-0.39, 0.29) is 10.6 Å². The van der Waals surface area contributed by atoms with Gasteiger partial charge in [0.25, 0.3) is 5.69 Å². The molecular weight excluding hydrogens is 332 g/mol. The Morgan fingerprint density at radius 2 is 1.71 bits per heavy atom. The molecule has 2 unspecified atom stereocenters. The summed E-state index contributed by atoms with van der Waals surface area (Å²) in [4.78, 5) is 14.3. The van der Waals surface area contributed by atoms with Crippen LogP contribution in [0.3, 0.4) is 0 Å². The van der Waals surface area contributed by atoms with E-state index in [0.29, 0.717) is 5.56 Å². The van der Waals surface area contributed by atoms with E-state index in [1.54, 1.807) is 12.1 Å². The molecule has 0 bridgehead atoms. The van der Waals surface area contributed by atoms with Crippen molar-refractivity contribution in [3.05, 3.63) is 69.8 Å². The summed E-state index contributed by atoms with van der Waals surface area (Å²) in [6, 6.07) is 12.1. The van der Waals surface area contributed by atoms with Crippen LogP contribution in [0.4, 0.5) is 5.69 Å². The smallest absolute Gasteiger partial charge is 0.269 e. The molecule has 0 aromatic heterocycles. The Morgan fingerprint density at radius 3 is 2.29 bits per heavy atom. The van der Waals surface area contributed by atoms with Crippen LogP contribution in [-0.2, 0) is 14.6 Å². The molecule has 0 spiro atoms. The minimum Gasteiger partial charge on any atom is -0.472 e. The van der Waals surface area contributed by atoms with E-state index in [0.717, 1.165) is 12.0 Å². The molecule has 0 saturated heterocycles. The van der Waals surface area contributed by atoms with Crippen LogP contribution in [0.5, 0.6) is 0 Å². The molecular formula is C16H14N2O5S. The zero-order valence-electron chi connectivity index (χ0n) is 12.7. The molecule has 0 amide bonds. The number of sulfone groups is 1. The fourth-order valence-corrected chi connectivity index (χ4v) is 4.00. The van der Waals surface area contributed by atoms with Crippen molar-refractivity contribution in [2.24, 2.45) is 4.99 Å². The first-order valence-electron chi connectivity index (χ1n) is 7.11. The lowest BCUT2D eigenvalue weighted by Crippen LogP contribution is -2.24. The number of aliphatic imine (C=N–C) groups is 1. The Bertz CT molecular complexity index is 889. The Morgan fingerprint density at radius 1 is 1.08 bits per heavy atom. The minimum atomic E-state index is -3.74. The molecule has 8 heteroatoms. The van der Waals surface area contributed by atoms with Gasteiger partial charge >= 0.3 is 0 Å². The lowest BCUT2D eigenvalue weighted by Gasteiger charge is -2.18. The van der Waals surface area contributed by atoms with Gasteiger partial charge in [-0.2, -0.15) is 0 Å². The molecule has 0 N–H and O–H groups in total. The van der Waals surface area contributed by atoms with Gasteiger partial charge < -0.3 is 4.74 Å². The van der Waals surface area contributed by atoms with Crippen molar-refractivity contribution in [1.29, 1.82) is 0 Å². The standard InChI is InChI=1S/C16H14N2O5S/c1-11-2-8-14(9-3-11)24(21,22)16-15(23-10-17-16)12-4-6-13(7-5-12)18(19)20/h2-10,15-16H,1H3. The van der Waals surface area contributed by atoms with Gasteiger partial charge in [-0.1, -0.05) is 17.7 Å². The predicted molar refractivity (Wildman–Crippen MR) is 87.6 cm³/mol. The number of non-ortho nitro benzene ring substituents is 1. The molecule has 1 heterocycles. The van der Waals surface area contributed by atoms with Crippen LogP contribution in [-0.4, -0.2) is 25.1 Å². The van der Waals surface area contributed by atoms with Gasteiger partial charge in [0, 0.05) is 12.1 Å². The average molecular weight is 346 g/mol. The summed E-state index contributed by atoms with van der Waals surface area (Å²) in [7, 11) is -3.74. The second-order valence-electron chi connectivity index (χ2n) is 5.41. The van der Waals surface area contributed by atoms with E-state index in [2.05, 4.69) is 4.99 Å². The maximum atomic E-state index is 12.8. The quantitative estimate of drug-likeness (QED) is 0.626. The fourth-order valence-electron chi connectivity index (χ4n) is 2.45. The van der Waals surface area contributed by atoms with Crippen molar-refractivity contribution >= 4 is 21.9 Å². The number of nitrogens with zero attached hydrogens (tertiary/aromatic N) is 2. The summed E-state index contributed by atoms with van der Waals surface area (Å²) in [6.45, 7) is 1.87. The molecule has 0 radical (unpaired) electrons. The lowest BCUT2D eigenvalue weighted by atomic mass is 10.1. The summed E-state index contributed by atoms with van der Waals surface area (Å²) in [5, 5.41) is 9.60. The van der Waals surface area contributed by atoms with Crippen LogP contribution >= 0.6 is 0 Å². The first-order chi connectivity index (χ1) is 11.4. The second kappa shape index (κ2) is 6.04. The van der Waals surface area contributed by atoms with Gasteiger partial charge in [0.2, 0.25) is 9.84 Å². The van der Waals surface area contributed by atoms with Crippen LogP contribution in [0, 0.1) is 17.0 Å².